The second kappa shape index (κ2) is 4.63. The second-order valence-electron chi connectivity index (χ2n) is 4.73. The van der Waals surface area contributed by atoms with Gasteiger partial charge in [-0.1, -0.05) is 19.1 Å². The van der Waals surface area contributed by atoms with Crippen LogP contribution < -0.4 is 5.32 Å². The number of nitrogens with one attached hydrogen (secondary N) is 1. The maximum absolute atomic E-state index is 12.3. The lowest BCUT2D eigenvalue weighted by Gasteiger charge is -2.08. The first-order chi connectivity index (χ1) is 8.38. The van der Waals surface area contributed by atoms with Crippen LogP contribution in [0.2, 0.25) is 0 Å². The Labute approximate surface area is 103 Å². The van der Waals surface area contributed by atoms with Crippen molar-refractivity contribution in [1.29, 1.82) is 0 Å². The van der Waals surface area contributed by atoms with Gasteiger partial charge in [0, 0.05) is 12.5 Å². The minimum atomic E-state index is -4.31. The smallest absolute Gasteiger partial charge is 0.352 e. The summed E-state index contributed by atoms with van der Waals surface area (Å²) in [6.45, 7) is 2.28. The number of hydrogen-bond acceptors (Lipinski definition) is 1. The monoisotopic (exact) mass is 257 g/mol. The van der Waals surface area contributed by atoms with Gasteiger partial charge < -0.3 is 5.32 Å². The van der Waals surface area contributed by atoms with E-state index in [-0.39, 0.29) is 18.4 Å². The second-order valence-corrected chi connectivity index (χ2v) is 4.73. The molecule has 1 aromatic carbocycles. The fourth-order valence-corrected chi connectivity index (χ4v) is 1.82. The molecule has 5 heteroatoms. The van der Waals surface area contributed by atoms with Crippen LogP contribution in [0.4, 0.5) is 13.2 Å². The number of carbonyl (C=O) groups excluding carboxylic acids is 1. The van der Waals surface area contributed by atoms with E-state index in [0.29, 0.717) is 11.5 Å². The van der Waals surface area contributed by atoms with Crippen molar-refractivity contribution < 1.29 is 18.0 Å². The molecule has 98 valence electrons. The Kier molecular flexibility index (Phi) is 3.32. The highest BCUT2D eigenvalue weighted by molar-refractivity contribution is 5.81. The highest BCUT2D eigenvalue weighted by Gasteiger charge is 2.38. The first kappa shape index (κ1) is 12.9. The van der Waals surface area contributed by atoms with Crippen LogP contribution in [0.1, 0.15) is 24.5 Å². The Morgan fingerprint density at radius 2 is 1.89 bits per heavy atom. The first-order valence-electron chi connectivity index (χ1n) is 5.82. The van der Waals surface area contributed by atoms with E-state index >= 15 is 0 Å². The van der Waals surface area contributed by atoms with Crippen LogP contribution in [0.15, 0.2) is 24.3 Å². The SMILES string of the molecule is CC1CC1C(=O)NCc1ccc(C(F)(F)F)cc1. The van der Waals surface area contributed by atoms with Gasteiger partial charge in [0.2, 0.25) is 5.91 Å². The summed E-state index contributed by atoms with van der Waals surface area (Å²) in [6.07, 6.45) is -3.41. The summed E-state index contributed by atoms with van der Waals surface area (Å²) in [5.41, 5.74) is -0.00181. The predicted octanol–water partition coefficient (Wildman–Crippen LogP) is 2.98. The number of halogens is 3. The normalized spacial score (nSPS) is 22.7. The van der Waals surface area contributed by atoms with Gasteiger partial charge in [0.25, 0.3) is 0 Å². The number of amides is 1. The van der Waals surface area contributed by atoms with E-state index in [0.717, 1.165) is 18.6 Å². The zero-order valence-electron chi connectivity index (χ0n) is 9.92. The van der Waals surface area contributed by atoms with Crippen molar-refractivity contribution in [2.24, 2.45) is 11.8 Å². The van der Waals surface area contributed by atoms with Crippen molar-refractivity contribution in [2.75, 3.05) is 0 Å². The molecule has 18 heavy (non-hydrogen) atoms. The third-order valence-corrected chi connectivity index (χ3v) is 3.19. The lowest BCUT2D eigenvalue weighted by Crippen LogP contribution is -2.24. The summed E-state index contributed by atoms with van der Waals surface area (Å²) in [6, 6.07) is 4.83. The fourth-order valence-electron chi connectivity index (χ4n) is 1.82. The molecule has 1 aliphatic carbocycles. The molecule has 1 amide bonds. The molecule has 2 nitrogen and oxygen atoms in total. The molecule has 0 aromatic heterocycles. The topological polar surface area (TPSA) is 29.1 Å². The van der Waals surface area contributed by atoms with E-state index < -0.39 is 11.7 Å². The molecule has 1 saturated carbocycles. The van der Waals surface area contributed by atoms with Crippen molar-refractivity contribution in [3.8, 4) is 0 Å². The molecule has 0 radical (unpaired) electrons. The van der Waals surface area contributed by atoms with Crippen LogP contribution in [-0.2, 0) is 17.5 Å². The van der Waals surface area contributed by atoms with Crippen LogP contribution in [0.5, 0.6) is 0 Å². The van der Waals surface area contributed by atoms with E-state index in [1.165, 1.54) is 12.1 Å². The maximum atomic E-state index is 12.3. The maximum Gasteiger partial charge on any atom is 0.416 e. The highest BCUT2D eigenvalue weighted by atomic mass is 19.4. The van der Waals surface area contributed by atoms with Crippen LogP contribution in [0.3, 0.4) is 0 Å². The summed E-state index contributed by atoms with van der Waals surface area (Å²) in [7, 11) is 0. The van der Waals surface area contributed by atoms with Crippen molar-refractivity contribution >= 4 is 5.91 Å². The van der Waals surface area contributed by atoms with E-state index in [9.17, 15) is 18.0 Å². The third kappa shape index (κ3) is 3.03. The third-order valence-electron chi connectivity index (χ3n) is 3.19. The standard InChI is InChI=1S/C13H14F3NO/c1-8-6-11(8)12(18)17-7-9-2-4-10(5-3-9)13(14,15)16/h2-5,8,11H,6-7H2,1H3,(H,17,18). The van der Waals surface area contributed by atoms with Gasteiger partial charge in [-0.05, 0) is 30.0 Å². The quantitative estimate of drug-likeness (QED) is 0.886. The predicted molar refractivity (Wildman–Crippen MR) is 60.6 cm³/mol. The van der Waals surface area contributed by atoms with Gasteiger partial charge in [-0.15, -0.1) is 0 Å². The Morgan fingerprint density at radius 3 is 2.33 bits per heavy atom. The van der Waals surface area contributed by atoms with E-state index in [1.54, 1.807) is 0 Å². The van der Waals surface area contributed by atoms with E-state index in [2.05, 4.69) is 5.32 Å². The average Bonchev–Trinajstić information content (AvgIpc) is 3.03. The van der Waals surface area contributed by atoms with Crippen LogP contribution in [0, 0.1) is 11.8 Å². The average molecular weight is 257 g/mol. The number of rotatable bonds is 3. The Balaban J connectivity index is 1.89. The molecular weight excluding hydrogens is 243 g/mol. The molecule has 0 saturated heterocycles. The molecule has 0 bridgehead atoms. The van der Waals surface area contributed by atoms with Gasteiger partial charge in [-0.2, -0.15) is 13.2 Å². The van der Waals surface area contributed by atoms with E-state index in [1.807, 2.05) is 6.92 Å². The molecular formula is C13H14F3NO. The number of benzene rings is 1. The summed E-state index contributed by atoms with van der Waals surface area (Å²) in [5, 5.41) is 2.73. The molecule has 1 aliphatic rings. The molecule has 0 heterocycles. The summed E-state index contributed by atoms with van der Waals surface area (Å²) in [4.78, 5) is 11.5. The highest BCUT2D eigenvalue weighted by Crippen LogP contribution is 2.37. The summed E-state index contributed by atoms with van der Waals surface area (Å²) in [5.74, 6) is 0.499. The molecule has 1 aromatic rings. The minimum absolute atomic E-state index is 0.0117. The first-order valence-corrected chi connectivity index (χ1v) is 5.82. The van der Waals surface area contributed by atoms with Gasteiger partial charge in [-0.25, -0.2) is 0 Å². The molecule has 1 N–H and O–H groups in total. The van der Waals surface area contributed by atoms with Crippen molar-refractivity contribution in [1.82, 2.24) is 5.32 Å². The zero-order chi connectivity index (χ0) is 13.3. The zero-order valence-corrected chi connectivity index (χ0v) is 9.92. The lowest BCUT2D eigenvalue weighted by atomic mass is 10.1. The van der Waals surface area contributed by atoms with Gasteiger partial charge in [0.15, 0.2) is 0 Å². The van der Waals surface area contributed by atoms with Crippen LogP contribution in [-0.4, -0.2) is 5.91 Å². The molecule has 2 unspecified atom stereocenters. The van der Waals surface area contributed by atoms with Crippen molar-refractivity contribution in [2.45, 2.75) is 26.1 Å². The van der Waals surface area contributed by atoms with E-state index in [4.69, 9.17) is 0 Å². The molecule has 0 spiro atoms. The Morgan fingerprint density at radius 1 is 1.33 bits per heavy atom. The van der Waals surface area contributed by atoms with Gasteiger partial charge in [0.1, 0.15) is 0 Å². The molecule has 0 aliphatic heterocycles. The molecule has 1 fully saturated rings. The van der Waals surface area contributed by atoms with Gasteiger partial charge in [0.05, 0.1) is 5.56 Å². The van der Waals surface area contributed by atoms with Crippen LogP contribution >= 0.6 is 0 Å². The largest absolute Gasteiger partial charge is 0.416 e. The number of hydrogen-bond donors (Lipinski definition) is 1. The Hall–Kier alpha value is -1.52. The molecule has 2 atom stereocenters. The van der Waals surface area contributed by atoms with Crippen LogP contribution in [0.25, 0.3) is 0 Å². The van der Waals surface area contributed by atoms with Gasteiger partial charge >= 0.3 is 6.18 Å². The van der Waals surface area contributed by atoms with Gasteiger partial charge in [-0.3, -0.25) is 4.79 Å². The van der Waals surface area contributed by atoms with Crippen molar-refractivity contribution in [3.05, 3.63) is 35.4 Å². The Bertz CT molecular complexity index is 439. The number of alkyl halides is 3. The van der Waals surface area contributed by atoms with Crippen molar-refractivity contribution in [3.63, 3.8) is 0 Å². The fraction of sp³-hybridized carbons (Fsp3) is 0.462. The summed E-state index contributed by atoms with van der Waals surface area (Å²) >= 11 is 0. The lowest BCUT2D eigenvalue weighted by molar-refractivity contribution is -0.137. The number of carbonyl (C=O) groups is 1. The summed E-state index contributed by atoms with van der Waals surface area (Å²) < 4.78 is 37.0. The minimum Gasteiger partial charge on any atom is -0.352 e. The molecule has 2 rings (SSSR count).